The van der Waals surface area contributed by atoms with Crippen LogP contribution in [0.25, 0.3) is 0 Å². The fraction of sp³-hybridized carbons (Fsp3) is 0.190. The number of halogens is 2. The minimum absolute atomic E-state index is 0.127. The number of benzene rings is 2. The summed E-state index contributed by atoms with van der Waals surface area (Å²) in [4.78, 5) is 30.3. The van der Waals surface area contributed by atoms with E-state index in [4.69, 9.17) is 9.47 Å². The van der Waals surface area contributed by atoms with Crippen LogP contribution < -0.4 is 14.4 Å². The van der Waals surface area contributed by atoms with E-state index in [1.165, 1.54) is 54.5 Å². The maximum absolute atomic E-state index is 12.5. The Morgan fingerprint density at radius 1 is 1.10 bits per heavy atom. The van der Waals surface area contributed by atoms with Gasteiger partial charge in [-0.1, -0.05) is 24.3 Å². The summed E-state index contributed by atoms with van der Waals surface area (Å²) >= 11 is 1.18. The van der Waals surface area contributed by atoms with E-state index in [9.17, 15) is 18.4 Å². The molecule has 0 spiro atoms. The molecule has 31 heavy (non-hydrogen) atoms. The third-order valence-electron chi connectivity index (χ3n) is 4.05. The lowest BCUT2D eigenvalue weighted by atomic mass is 10.2. The Kier molecular flexibility index (Phi) is 7.14. The first kappa shape index (κ1) is 22.2. The number of amides is 1. The number of methoxy groups -OCH3 is 1. The molecule has 1 heterocycles. The maximum Gasteiger partial charge on any atom is 0.387 e. The van der Waals surface area contributed by atoms with E-state index in [1.807, 2.05) is 0 Å². The van der Waals surface area contributed by atoms with Gasteiger partial charge in [0.25, 0.3) is 0 Å². The number of nitrogens with zero attached hydrogens (tertiary/aromatic N) is 2. The van der Waals surface area contributed by atoms with Crippen molar-refractivity contribution in [3.05, 3.63) is 65.2 Å². The lowest BCUT2D eigenvalue weighted by molar-refractivity contribution is -0.115. The van der Waals surface area contributed by atoms with Crippen molar-refractivity contribution < 1.29 is 32.6 Å². The van der Waals surface area contributed by atoms with E-state index in [0.717, 1.165) is 0 Å². The van der Waals surface area contributed by atoms with Crippen molar-refractivity contribution in [1.29, 1.82) is 0 Å². The summed E-state index contributed by atoms with van der Waals surface area (Å²) in [6.07, 6.45) is 0. The molecule has 0 radical (unpaired) electrons. The Labute approximate surface area is 180 Å². The third kappa shape index (κ3) is 5.34. The molecule has 3 rings (SSSR count). The number of esters is 1. The van der Waals surface area contributed by atoms with Crippen LogP contribution in [0.4, 0.5) is 19.6 Å². The first-order valence-electron chi connectivity index (χ1n) is 8.99. The molecule has 7 nitrogen and oxygen atoms in total. The second-order valence-electron chi connectivity index (χ2n) is 6.10. The van der Waals surface area contributed by atoms with Crippen LogP contribution in [-0.2, 0) is 16.1 Å². The molecule has 0 saturated carbocycles. The van der Waals surface area contributed by atoms with Gasteiger partial charge in [0.1, 0.15) is 23.7 Å². The SMILES string of the molecule is COc1ccccc1N(C(C)=O)c1nc(COC(=O)c2ccccc2OC(F)F)cs1. The summed E-state index contributed by atoms with van der Waals surface area (Å²) in [7, 11) is 1.50. The predicted octanol–water partition coefficient (Wildman–Crippen LogP) is 4.79. The van der Waals surface area contributed by atoms with E-state index in [0.29, 0.717) is 22.3 Å². The van der Waals surface area contributed by atoms with Crippen LogP contribution in [0.2, 0.25) is 0 Å². The lowest BCUT2D eigenvalue weighted by Gasteiger charge is -2.20. The Hall–Kier alpha value is -3.53. The lowest BCUT2D eigenvalue weighted by Crippen LogP contribution is -2.23. The highest BCUT2D eigenvalue weighted by Crippen LogP contribution is 2.35. The average Bonchev–Trinajstić information content (AvgIpc) is 3.20. The molecule has 1 amide bonds. The molecule has 0 aliphatic carbocycles. The van der Waals surface area contributed by atoms with E-state index in [-0.39, 0.29) is 23.8 Å². The number of para-hydroxylation sites is 3. The highest BCUT2D eigenvalue weighted by Gasteiger charge is 2.22. The highest BCUT2D eigenvalue weighted by molar-refractivity contribution is 7.14. The average molecular weight is 448 g/mol. The molecule has 3 aromatic rings. The quantitative estimate of drug-likeness (QED) is 0.461. The summed E-state index contributed by atoms with van der Waals surface area (Å²) in [6, 6.07) is 12.5. The highest BCUT2D eigenvalue weighted by atomic mass is 32.1. The molecule has 162 valence electrons. The van der Waals surface area contributed by atoms with E-state index < -0.39 is 12.6 Å². The van der Waals surface area contributed by atoms with Gasteiger partial charge in [0.05, 0.1) is 18.5 Å². The van der Waals surface area contributed by atoms with Gasteiger partial charge >= 0.3 is 12.6 Å². The number of thiazole rings is 1. The molecule has 10 heteroatoms. The zero-order chi connectivity index (χ0) is 22.4. The molecule has 0 saturated heterocycles. The molecular formula is C21H18F2N2O5S. The standard InChI is InChI=1S/C21H18F2N2O5S/c1-13(26)25(16-8-4-6-10-18(16)28-2)21-24-14(12-31-21)11-29-19(27)15-7-3-5-9-17(15)30-20(22)23/h3-10,12,20H,11H2,1-2H3. The fourth-order valence-electron chi connectivity index (χ4n) is 2.74. The summed E-state index contributed by atoms with van der Waals surface area (Å²) < 4.78 is 39.9. The zero-order valence-electron chi connectivity index (χ0n) is 16.6. The smallest absolute Gasteiger partial charge is 0.387 e. The number of hydrogen-bond donors (Lipinski definition) is 0. The van der Waals surface area contributed by atoms with Crippen molar-refractivity contribution in [2.45, 2.75) is 20.1 Å². The van der Waals surface area contributed by atoms with Gasteiger partial charge in [0, 0.05) is 12.3 Å². The number of carbonyl (C=O) groups excluding carboxylic acids is 2. The van der Waals surface area contributed by atoms with E-state index in [2.05, 4.69) is 9.72 Å². The van der Waals surface area contributed by atoms with Crippen molar-refractivity contribution in [2.24, 2.45) is 0 Å². The van der Waals surface area contributed by atoms with Crippen LogP contribution in [0.3, 0.4) is 0 Å². The Morgan fingerprint density at radius 2 is 1.77 bits per heavy atom. The van der Waals surface area contributed by atoms with E-state index >= 15 is 0 Å². The number of aromatic nitrogens is 1. The summed E-state index contributed by atoms with van der Waals surface area (Å²) in [5, 5.41) is 2.00. The molecule has 0 N–H and O–H groups in total. The maximum atomic E-state index is 12.5. The predicted molar refractivity (Wildman–Crippen MR) is 110 cm³/mol. The minimum Gasteiger partial charge on any atom is -0.495 e. The van der Waals surface area contributed by atoms with Crippen LogP contribution in [0.1, 0.15) is 23.0 Å². The molecule has 0 aliphatic heterocycles. The normalized spacial score (nSPS) is 10.6. The van der Waals surface area contributed by atoms with Gasteiger partial charge < -0.3 is 14.2 Å². The van der Waals surface area contributed by atoms with Gasteiger partial charge in [-0.15, -0.1) is 11.3 Å². The fourth-order valence-corrected chi connectivity index (χ4v) is 3.60. The molecular weight excluding hydrogens is 430 g/mol. The first-order chi connectivity index (χ1) is 14.9. The van der Waals surface area contributed by atoms with Gasteiger partial charge in [-0.3, -0.25) is 9.69 Å². The number of rotatable bonds is 8. The van der Waals surface area contributed by atoms with Gasteiger partial charge in [0.2, 0.25) is 5.91 Å². The molecule has 0 fully saturated rings. The van der Waals surface area contributed by atoms with Gasteiger partial charge in [0.15, 0.2) is 5.13 Å². The Bertz CT molecular complexity index is 1070. The second kappa shape index (κ2) is 9.98. The zero-order valence-corrected chi connectivity index (χ0v) is 17.4. The summed E-state index contributed by atoms with van der Waals surface area (Å²) in [5.41, 5.74) is 0.785. The van der Waals surface area contributed by atoms with Crippen LogP contribution in [0.15, 0.2) is 53.9 Å². The number of carbonyl (C=O) groups is 2. The molecule has 0 atom stereocenters. The topological polar surface area (TPSA) is 78.0 Å². The number of anilines is 2. The summed E-state index contributed by atoms with van der Waals surface area (Å²) in [5.74, 6) is -0.892. The van der Waals surface area contributed by atoms with Crippen molar-refractivity contribution >= 4 is 34.0 Å². The van der Waals surface area contributed by atoms with Gasteiger partial charge in [-0.25, -0.2) is 9.78 Å². The monoisotopic (exact) mass is 448 g/mol. The number of hydrogen-bond acceptors (Lipinski definition) is 7. The second-order valence-corrected chi connectivity index (χ2v) is 6.94. The van der Waals surface area contributed by atoms with Crippen molar-refractivity contribution in [3.8, 4) is 11.5 Å². The number of ether oxygens (including phenoxy) is 3. The van der Waals surface area contributed by atoms with Crippen LogP contribution in [-0.4, -0.2) is 30.6 Å². The largest absolute Gasteiger partial charge is 0.495 e. The van der Waals surface area contributed by atoms with E-state index in [1.54, 1.807) is 29.6 Å². The van der Waals surface area contributed by atoms with Crippen molar-refractivity contribution in [1.82, 2.24) is 4.98 Å². The summed E-state index contributed by atoms with van der Waals surface area (Å²) in [6.45, 7) is -1.88. The molecule has 2 aromatic carbocycles. The minimum atomic E-state index is -3.07. The van der Waals surface area contributed by atoms with Crippen LogP contribution in [0, 0.1) is 0 Å². The van der Waals surface area contributed by atoms with Crippen molar-refractivity contribution in [3.63, 3.8) is 0 Å². The van der Waals surface area contributed by atoms with Crippen LogP contribution in [0.5, 0.6) is 11.5 Å². The number of alkyl halides is 2. The molecule has 0 unspecified atom stereocenters. The first-order valence-corrected chi connectivity index (χ1v) is 9.87. The van der Waals surface area contributed by atoms with Gasteiger partial charge in [-0.05, 0) is 24.3 Å². The van der Waals surface area contributed by atoms with Crippen molar-refractivity contribution in [2.75, 3.05) is 12.0 Å². The van der Waals surface area contributed by atoms with Gasteiger partial charge in [-0.2, -0.15) is 8.78 Å². The third-order valence-corrected chi connectivity index (χ3v) is 4.92. The molecule has 0 aliphatic rings. The molecule has 0 bridgehead atoms. The van der Waals surface area contributed by atoms with Crippen LogP contribution >= 0.6 is 11.3 Å². The Balaban J connectivity index is 1.75. The Morgan fingerprint density at radius 3 is 2.45 bits per heavy atom. The molecule has 1 aromatic heterocycles.